The molecule has 0 saturated carbocycles. The number of hydrogen-bond acceptors (Lipinski definition) is 6. The first-order valence-corrected chi connectivity index (χ1v) is 6.39. The molecule has 0 unspecified atom stereocenters. The Balaban J connectivity index is 1.66. The van der Waals surface area contributed by atoms with Crippen molar-refractivity contribution < 1.29 is 18.5 Å². The SMILES string of the molecule is O=C(OCc1cc(-c2ccco2)on1)c1cccnc1Cl. The number of rotatable bonds is 4. The van der Waals surface area contributed by atoms with Gasteiger partial charge in [-0.15, -0.1) is 0 Å². The summed E-state index contributed by atoms with van der Waals surface area (Å²) in [6.07, 6.45) is 3.02. The molecule has 0 aliphatic heterocycles. The Morgan fingerprint density at radius 3 is 2.95 bits per heavy atom. The van der Waals surface area contributed by atoms with Gasteiger partial charge in [-0.25, -0.2) is 9.78 Å². The maximum Gasteiger partial charge on any atom is 0.341 e. The predicted octanol–water partition coefficient (Wildman–Crippen LogP) is 3.34. The van der Waals surface area contributed by atoms with Gasteiger partial charge in [0.1, 0.15) is 17.5 Å². The predicted molar refractivity (Wildman–Crippen MR) is 72.6 cm³/mol. The fraction of sp³-hybridized carbons (Fsp3) is 0.0714. The van der Waals surface area contributed by atoms with Crippen LogP contribution in [0.3, 0.4) is 0 Å². The summed E-state index contributed by atoms with van der Waals surface area (Å²) in [5.74, 6) is 0.441. The van der Waals surface area contributed by atoms with E-state index in [1.165, 1.54) is 18.5 Å². The Morgan fingerprint density at radius 1 is 1.29 bits per heavy atom. The van der Waals surface area contributed by atoms with E-state index in [0.29, 0.717) is 17.2 Å². The topological polar surface area (TPSA) is 78.4 Å². The van der Waals surface area contributed by atoms with Gasteiger partial charge < -0.3 is 13.7 Å². The standard InChI is InChI=1S/C14H9ClN2O4/c15-13-10(3-1-5-16-13)14(18)20-8-9-7-12(21-17-9)11-4-2-6-19-11/h1-7H,8H2. The lowest BCUT2D eigenvalue weighted by Gasteiger charge is -2.03. The number of ether oxygens (including phenoxy) is 1. The molecule has 21 heavy (non-hydrogen) atoms. The lowest BCUT2D eigenvalue weighted by molar-refractivity contribution is 0.0464. The summed E-state index contributed by atoms with van der Waals surface area (Å²) in [6, 6.07) is 8.26. The van der Waals surface area contributed by atoms with Gasteiger partial charge >= 0.3 is 5.97 Å². The second kappa shape index (κ2) is 5.80. The number of furan rings is 1. The number of hydrogen-bond donors (Lipinski definition) is 0. The Kier molecular flexibility index (Phi) is 3.70. The molecule has 0 bridgehead atoms. The molecule has 7 heteroatoms. The van der Waals surface area contributed by atoms with Crippen molar-refractivity contribution in [2.75, 3.05) is 0 Å². The van der Waals surface area contributed by atoms with E-state index >= 15 is 0 Å². The molecule has 0 atom stereocenters. The molecule has 106 valence electrons. The quantitative estimate of drug-likeness (QED) is 0.543. The number of halogens is 1. The van der Waals surface area contributed by atoms with Crippen LogP contribution < -0.4 is 0 Å². The molecule has 0 radical (unpaired) electrons. The van der Waals surface area contributed by atoms with Crippen LogP contribution in [0.4, 0.5) is 0 Å². The molecular formula is C14H9ClN2O4. The third-order valence-electron chi connectivity index (χ3n) is 2.65. The van der Waals surface area contributed by atoms with Gasteiger partial charge in [-0.2, -0.15) is 0 Å². The van der Waals surface area contributed by atoms with E-state index in [1.807, 2.05) is 0 Å². The van der Waals surface area contributed by atoms with Crippen molar-refractivity contribution in [2.45, 2.75) is 6.61 Å². The summed E-state index contributed by atoms with van der Waals surface area (Å²) in [6.45, 7) is -0.0335. The number of carbonyl (C=O) groups excluding carboxylic acids is 1. The smallest absolute Gasteiger partial charge is 0.341 e. The molecule has 0 fully saturated rings. The highest BCUT2D eigenvalue weighted by molar-refractivity contribution is 6.32. The molecule has 0 aromatic carbocycles. The van der Waals surface area contributed by atoms with Crippen LogP contribution in [0.1, 0.15) is 16.1 Å². The number of nitrogens with zero attached hydrogens (tertiary/aromatic N) is 2. The molecule has 3 aromatic rings. The van der Waals surface area contributed by atoms with E-state index in [2.05, 4.69) is 10.1 Å². The summed E-state index contributed by atoms with van der Waals surface area (Å²) in [4.78, 5) is 15.7. The normalized spacial score (nSPS) is 10.5. The van der Waals surface area contributed by atoms with Crippen LogP contribution in [0.25, 0.3) is 11.5 Å². The van der Waals surface area contributed by atoms with Crippen LogP contribution in [0.2, 0.25) is 5.15 Å². The van der Waals surface area contributed by atoms with E-state index < -0.39 is 5.97 Å². The first-order chi connectivity index (χ1) is 10.2. The van der Waals surface area contributed by atoms with Crippen LogP contribution in [-0.4, -0.2) is 16.1 Å². The average Bonchev–Trinajstić information content (AvgIpc) is 3.16. The zero-order valence-corrected chi connectivity index (χ0v) is 11.4. The van der Waals surface area contributed by atoms with Gasteiger partial charge in [0, 0.05) is 12.3 Å². The molecule has 0 saturated heterocycles. The maximum atomic E-state index is 11.9. The largest absolute Gasteiger partial charge is 0.461 e. The minimum absolute atomic E-state index is 0.0335. The molecule has 0 aliphatic carbocycles. The number of carbonyl (C=O) groups is 1. The lowest BCUT2D eigenvalue weighted by Crippen LogP contribution is -2.06. The zero-order valence-electron chi connectivity index (χ0n) is 10.7. The van der Waals surface area contributed by atoms with Crippen LogP contribution in [0.15, 0.2) is 51.7 Å². The van der Waals surface area contributed by atoms with Crippen molar-refractivity contribution in [2.24, 2.45) is 0 Å². The van der Waals surface area contributed by atoms with Crippen LogP contribution in [0.5, 0.6) is 0 Å². The molecule has 0 amide bonds. The number of aromatic nitrogens is 2. The summed E-state index contributed by atoms with van der Waals surface area (Å²) < 4.78 is 15.4. The third kappa shape index (κ3) is 2.95. The van der Waals surface area contributed by atoms with Crippen LogP contribution >= 0.6 is 11.6 Å². The monoisotopic (exact) mass is 304 g/mol. The highest BCUT2D eigenvalue weighted by Crippen LogP contribution is 2.21. The van der Waals surface area contributed by atoms with Gasteiger partial charge in [0.15, 0.2) is 5.76 Å². The second-order valence-corrected chi connectivity index (χ2v) is 4.44. The Labute approximate surface area is 124 Å². The minimum Gasteiger partial charge on any atom is -0.461 e. The molecular weight excluding hydrogens is 296 g/mol. The molecule has 6 nitrogen and oxygen atoms in total. The molecule has 0 spiro atoms. The zero-order chi connectivity index (χ0) is 14.7. The average molecular weight is 305 g/mol. The molecule has 3 heterocycles. The lowest BCUT2D eigenvalue weighted by atomic mass is 10.3. The van der Waals surface area contributed by atoms with E-state index in [0.717, 1.165) is 0 Å². The minimum atomic E-state index is -0.573. The number of pyridine rings is 1. The third-order valence-corrected chi connectivity index (χ3v) is 2.95. The summed E-state index contributed by atoms with van der Waals surface area (Å²) in [5.41, 5.74) is 0.670. The van der Waals surface area contributed by atoms with Crippen molar-refractivity contribution in [1.29, 1.82) is 0 Å². The van der Waals surface area contributed by atoms with Crippen molar-refractivity contribution in [3.63, 3.8) is 0 Å². The van der Waals surface area contributed by atoms with Gasteiger partial charge in [-0.05, 0) is 24.3 Å². The van der Waals surface area contributed by atoms with Gasteiger partial charge in [-0.3, -0.25) is 0 Å². The summed E-state index contributed by atoms with van der Waals surface area (Å²) in [7, 11) is 0. The van der Waals surface area contributed by atoms with Crippen LogP contribution in [-0.2, 0) is 11.3 Å². The van der Waals surface area contributed by atoms with Crippen molar-refractivity contribution in [3.8, 4) is 11.5 Å². The van der Waals surface area contributed by atoms with Crippen molar-refractivity contribution >= 4 is 17.6 Å². The maximum absolute atomic E-state index is 11.9. The summed E-state index contributed by atoms with van der Waals surface area (Å²) >= 11 is 5.81. The molecule has 0 aliphatic rings. The fourth-order valence-corrected chi connectivity index (χ4v) is 1.87. The van der Waals surface area contributed by atoms with Crippen molar-refractivity contribution in [3.05, 3.63) is 59.2 Å². The first kappa shape index (κ1) is 13.4. The molecule has 0 N–H and O–H groups in total. The fourth-order valence-electron chi connectivity index (χ4n) is 1.67. The van der Waals surface area contributed by atoms with Crippen molar-refractivity contribution in [1.82, 2.24) is 10.1 Å². The van der Waals surface area contributed by atoms with Crippen LogP contribution in [0, 0.1) is 0 Å². The first-order valence-electron chi connectivity index (χ1n) is 6.01. The van der Waals surface area contributed by atoms with E-state index in [-0.39, 0.29) is 17.3 Å². The Bertz CT molecular complexity index is 752. The van der Waals surface area contributed by atoms with E-state index in [4.69, 9.17) is 25.3 Å². The van der Waals surface area contributed by atoms with Gasteiger partial charge in [0.25, 0.3) is 0 Å². The highest BCUT2D eigenvalue weighted by Gasteiger charge is 2.14. The molecule has 3 aromatic heterocycles. The Hall–Kier alpha value is -2.60. The highest BCUT2D eigenvalue weighted by atomic mass is 35.5. The van der Waals surface area contributed by atoms with Gasteiger partial charge in [0.05, 0.1) is 11.8 Å². The number of esters is 1. The Morgan fingerprint density at radius 2 is 2.19 bits per heavy atom. The molecule has 3 rings (SSSR count). The van der Waals surface area contributed by atoms with E-state index in [1.54, 1.807) is 24.3 Å². The van der Waals surface area contributed by atoms with E-state index in [9.17, 15) is 4.79 Å². The van der Waals surface area contributed by atoms with Gasteiger partial charge in [0.2, 0.25) is 5.76 Å². The van der Waals surface area contributed by atoms with Gasteiger partial charge in [-0.1, -0.05) is 16.8 Å². The second-order valence-electron chi connectivity index (χ2n) is 4.08. The summed E-state index contributed by atoms with van der Waals surface area (Å²) in [5, 5.41) is 3.90.